The molecule has 112 valence electrons. The lowest BCUT2D eigenvalue weighted by Gasteiger charge is -2.16. The van der Waals surface area contributed by atoms with Crippen LogP contribution in [0.15, 0.2) is 30.3 Å². The first-order valence-electron chi connectivity index (χ1n) is 7.44. The Hall–Kier alpha value is -2.12. The number of esters is 1. The fourth-order valence-electron chi connectivity index (χ4n) is 2.78. The van der Waals surface area contributed by atoms with Crippen LogP contribution in [0.4, 0.5) is 0 Å². The molecular weight excluding hydrogens is 294 g/mol. The molecule has 0 spiro atoms. The summed E-state index contributed by atoms with van der Waals surface area (Å²) in [7, 11) is 0. The SMILES string of the molecule is C[C@@H]1CCc2sc(C(=O)OCc3ccccc3C#N)cc2C1. The number of fused-ring (bicyclic) bond motifs is 1. The summed E-state index contributed by atoms with van der Waals surface area (Å²) in [6.45, 7) is 2.39. The van der Waals surface area contributed by atoms with Crippen molar-refractivity contribution in [3.63, 3.8) is 0 Å². The third-order valence-corrected chi connectivity index (χ3v) is 5.24. The second-order valence-electron chi connectivity index (χ2n) is 5.75. The molecule has 0 bridgehead atoms. The number of hydrogen-bond acceptors (Lipinski definition) is 4. The summed E-state index contributed by atoms with van der Waals surface area (Å²) in [6, 6.07) is 11.3. The summed E-state index contributed by atoms with van der Waals surface area (Å²) in [4.78, 5) is 14.2. The Morgan fingerprint density at radius 1 is 1.45 bits per heavy atom. The summed E-state index contributed by atoms with van der Waals surface area (Å²) in [5.74, 6) is 0.397. The number of carbonyl (C=O) groups excluding carboxylic acids is 1. The van der Waals surface area contributed by atoms with Crippen LogP contribution < -0.4 is 0 Å². The van der Waals surface area contributed by atoms with Crippen LogP contribution in [0, 0.1) is 17.2 Å². The molecule has 4 heteroatoms. The molecule has 1 aliphatic carbocycles. The van der Waals surface area contributed by atoms with Gasteiger partial charge in [0.2, 0.25) is 0 Å². The molecule has 2 aromatic rings. The minimum absolute atomic E-state index is 0.140. The number of carbonyl (C=O) groups is 1. The number of nitrogens with zero attached hydrogens (tertiary/aromatic N) is 1. The third-order valence-electron chi connectivity index (χ3n) is 4.03. The molecular formula is C18H17NO2S. The minimum Gasteiger partial charge on any atom is -0.457 e. The Bertz CT molecular complexity index is 742. The quantitative estimate of drug-likeness (QED) is 0.802. The van der Waals surface area contributed by atoms with Gasteiger partial charge in [0.05, 0.1) is 11.6 Å². The van der Waals surface area contributed by atoms with Gasteiger partial charge < -0.3 is 4.74 Å². The van der Waals surface area contributed by atoms with Crippen molar-refractivity contribution in [2.45, 2.75) is 32.8 Å². The van der Waals surface area contributed by atoms with Gasteiger partial charge in [0.15, 0.2) is 0 Å². The van der Waals surface area contributed by atoms with Crippen LogP contribution >= 0.6 is 11.3 Å². The fourth-order valence-corrected chi connectivity index (χ4v) is 3.88. The van der Waals surface area contributed by atoms with E-state index in [0.29, 0.717) is 16.4 Å². The molecule has 0 aliphatic heterocycles. The van der Waals surface area contributed by atoms with Gasteiger partial charge in [-0.1, -0.05) is 25.1 Å². The average Bonchev–Trinajstić information content (AvgIpc) is 2.96. The first-order valence-corrected chi connectivity index (χ1v) is 8.25. The highest BCUT2D eigenvalue weighted by molar-refractivity contribution is 7.14. The molecule has 0 fully saturated rings. The monoisotopic (exact) mass is 311 g/mol. The largest absolute Gasteiger partial charge is 0.457 e. The van der Waals surface area contributed by atoms with E-state index in [-0.39, 0.29) is 12.6 Å². The Morgan fingerprint density at radius 2 is 2.27 bits per heavy atom. The van der Waals surface area contributed by atoms with Crippen molar-refractivity contribution in [3.8, 4) is 6.07 Å². The molecule has 1 atom stereocenters. The van der Waals surface area contributed by atoms with E-state index in [9.17, 15) is 4.79 Å². The predicted molar refractivity (Wildman–Crippen MR) is 85.8 cm³/mol. The smallest absolute Gasteiger partial charge is 0.348 e. The average molecular weight is 311 g/mol. The number of hydrogen-bond donors (Lipinski definition) is 0. The number of rotatable bonds is 3. The van der Waals surface area contributed by atoms with Crippen LogP contribution in [-0.2, 0) is 24.2 Å². The summed E-state index contributed by atoms with van der Waals surface area (Å²) in [5.41, 5.74) is 2.59. The van der Waals surface area contributed by atoms with E-state index in [1.165, 1.54) is 16.9 Å². The van der Waals surface area contributed by atoms with Gasteiger partial charge in [-0.3, -0.25) is 0 Å². The minimum atomic E-state index is -0.292. The van der Waals surface area contributed by atoms with Gasteiger partial charge in [0.1, 0.15) is 11.5 Å². The van der Waals surface area contributed by atoms with Gasteiger partial charge in [-0.15, -0.1) is 11.3 Å². The Balaban J connectivity index is 1.69. The molecule has 1 aromatic heterocycles. The number of benzene rings is 1. The van der Waals surface area contributed by atoms with Crippen molar-refractivity contribution in [2.75, 3.05) is 0 Å². The van der Waals surface area contributed by atoms with E-state index in [1.54, 1.807) is 23.5 Å². The van der Waals surface area contributed by atoms with Crippen LogP contribution in [-0.4, -0.2) is 5.97 Å². The maximum absolute atomic E-state index is 12.2. The summed E-state index contributed by atoms with van der Waals surface area (Å²) >= 11 is 1.55. The molecule has 3 nitrogen and oxygen atoms in total. The lowest BCUT2D eigenvalue weighted by molar-refractivity contribution is 0.0478. The molecule has 1 aromatic carbocycles. The van der Waals surface area contributed by atoms with Crippen molar-refractivity contribution < 1.29 is 9.53 Å². The van der Waals surface area contributed by atoms with Gasteiger partial charge in [-0.05, 0) is 42.9 Å². The Kier molecular flexibility index (Phi) is 4.26. The first-order chi connectivity index (χ1) is 10.7. The number of aryl methyl sites for hydroxylation is 1. The molecule has 0 saturated heterocycles. The van der Waals surface area contributed by atoms with Crippen LogP contribution in [0.5, 0.6) is 0 Å². The molecule has 0 N–H and O–H groups in total. The van der Waals surface area contributed by atoms with Crippen molar-refractivity contribution in [3.05, 3.63) is 56.8 Å². The molecule has 0 saturated carbocycles. The molecule has 22 heavy (non-hydrogen) atoms. The number of ether oxygens (including phenoxy) is 1. The van der Waals surface area contributed by atoms with Gasteiger partial charge in [0, 0.05) is 10.4 Å². The van der Waals surface area contributed by atoms with Crippen molar-refractivity contribution in [1.82, 2.24) is 0 Å². The van der Waals surface area contributed by atoms with Gasteiger partial charge in [-0.25, -0.2) is 4.79 Å². The van der Waals surface area contributed by atoms with E-state index in [0.717, 1.165) is 18.4 Å². The highest BCUT2D eigenvalue weighted by Gasteiger charge is 2.21. The Labute approximate surface area is 134 Å². The van der Waals surface area contributed by atoms with E-state index in [1.807, 2.05) is 18.2 Å². The Morgan fingerprint density at radius 3 is 3.09 bits per heavy atom. The van der Waals surface area contributed by atoms with E-state index in [2.05, 4.69) is 13.0 Å². The standard InChI is InChI=1S/C18H17NO2S/c1-12-6-7-16-15(8-12)9-17(22-16)18(20)21-11-14-5-3-2-4-13(14)10-19/h2-5,9,12H,6-8,11H2,1H3/t12-/m1/s1. The molecule has 0 unspecified atom stereocenters. The molecule has 3 rings (SSSR count). The van der Waals surface area contributed by atoms with Gasteiger partial charge >= 0.3 is 5.97 Å². The third kappa shape index (κ3) is 3.05. The summed E-state index contributed by atoms with van der Waals surface area (Å²) in [6.07, 6.45) is 3.31. The molecule has 0 radical (unpaired) electrons. The number of nitriles is 1. The topological polar surface area (TPSA) is 50.1 Å². The van der Waals surface area contributed by atoms with Crippen molar-refractivity contribution >= 4 is 17.3 Å². The van der Waals surface area contributed by atoms with E-state index < -0.39 is 0 Å². The lowest BCUT2D eigenvalue weighted by atomic mass is 9.90. The van der Waals surface area contributed by atoms with E-state index >= 15 is 0 Å². The summed E-state index contributed by atoms with van der Waals surface area (Å²) in [5, 5.41) is 9.05. The highest BCUT2D eigenvalue weighted by Crippen LogP contribution is 2.32. The fraction of sp³-hybridized carbons (Fsp3) is 0.333. The van der Waals surface area contributed by atoms with Crippen LogP contribution in [0.25, 0.3) is 0 Å². The van der Waals surface area contributed by atoms with Crippen molar-refractivity contribution in [2.24, 2.45) is 5.92 Å². The van der Waals surface area contributed by atoms with Gasteiger partial charge in [-0.2, -0.15) is 5.26 Å². The summed E-state index contributed by atoms with van der Waals surface area (Å²) < 4.78 is 5.38. The molecule has 1 aliphatic rings. The molecule has 1 heterocycles. The second kappa shape index (κ2) is 6.33. The second-order valence-corrected chi connectivity index (χ2v) is 6.89. The number of thiophene rings is 1. The maximum atomic E-state index is 12.2. The predicted octanol–water partition coefficient (Wildman–Crippen LogP) is 4.10. The zero-order chi connectivity index (χ0) is 15.5. The van der Waals surface area contributed by atoms with E-state index in [4.69, 9.17) is 10.00 Å². The first kappa shape index (κ1) is 14.8. The van der Waals surface area contributed by atoms with Crippen LogP contribution in [0.3, 0.4) is 0 Å². The zero-order valence-electron chi connectivity index (χ0n) is 12.5. The highest BCUT2D eigenvalue weighted by atomic mass is 32.1. The van der Waals surface area contributed by atoms with Crippen LogP contribution in [0.2, 0.25) is 0 Å². The molecule has 0 amide bonds. The zero-order valence-corrected chi connectivity index (χ0v) is 13.3. The van der Waals surface area contributed by atoms with Gasteiger partial charge in [0.25, 0.3) is 0 Å². The normalized spacial score (nSPS) is 16.6. The van der Waals surface area contributed by atoms with Crippen molar-refractivity contribution in [1.29, 1.82) is 5.26 Å². The lowest BCUT2D eigenvalue weighted by Crippen LogP contribution is -2.08. The van der Waals surface area contributed by atoms with Crippen LogP contribution in [0.1, 0.15) is 44.6 Å². The maximum Gasteiger partial charge on any atom is 0.348 e.